The Kier molecular flexibility index (Phi) is 8.45. The van der Waals surface area contributed by atoms with Gasteiger partial charge in [0.1, 0.15) is 12.4 Å². The number of aliphatic hydroxyl groups is 1. The molecule has 0 aliphatic rings. The zero-order chi connectivity index (χ0) is 24.5. The number of halogens is 2. The number of alkyl halides is 2. The third-order valence-electron chi connectivity index (χ3n) is 3.35. The number of nitrogens with zero attached hydrogens (tertiary/aromatic N) is 2. The number of phosphoric acid groups is 3. The fourth-order valence-corrected chi connectivity index (χ4v) is 5.03. The van der Waals surface area contributed by atoms with Crippen molar-refractivity contribution in [1.82, 2.24) is 9.55 Å². The molecule has 0 bridgehead atoms. The van der Waals surface area contributed by atoms with Gasteiger partial charge in [0.25, 0.3) is 5.85 Å². The molecular weight excluding hydrogens is 501 g/mol. The summed E-state index contributed by atoms with van der Waals surface area (Å²) in [6, 6.07) is 0.960. The highest BCUT2D eigenvalue weighted by Gasteiger charge is 2.54. The van der Waals surface area contributed by atoms with Crippen LogP contribution in [0.2, 0.25) is 0 Å². The van der Waals surface area contributed by atoms with Crippen molar-refractivity contribution in [1.29, 1.82) is 0 Å². The second-order valence-corrected chi connectivity index (χ2v) is 10.2. The van der Waals surface area contributed by atoms with Gasteiger partial charge < -0.3 is 35.2 Å². The molecule has 7 N–H and O–H groups in total. The summed E-state index contributed by atoms with van der Waals surface area (Å²) in [6.07, 6.45) is -2.48. The van der Waals surface area contributed by atoms with E-state index in [4.69, 9.17) is 20.4 Å². The molecule has 0 fully saturated rings. The van der Waals surface area contributed by atoms with Gasteiger partial charge in [-0.25, -0.2) is 27.3 Å². The number of methoxy groups -OCH3 is 1. The summed E-state index contributed by atoms with van der Waals surface area (Å²) in [5.41, 5.74) is 0.903. The molecule has 180 valence electrons. The Morgan fingerprint density at radius 2 is 1.77 bits per heavy atom. The second kappa shape index (κ2) is 9.39. The number of anilines is 1. The van der Waals surface area contributed by atoms with Crippen LogP contribution >= 0.6 is 23.5 Å². The van der Waals surface area contributed by atoms with Gasteiger partial charge in [-0.05, 0) is 13.0 Å². The first kappa shape index (κ1) is 27.9. The van der Waals surface area contributed by atoms with Crippen molar-refractivity contribution in [3.05, 3.63) is 22.7 Å². The maximum Gasteiger partial charge on any atom is 0.490 e. The van der Waals surface area contributed by atoms with E-state index >= 15 is 0 Å². The molecule has 0 aromatic carbocycles. The molecule has 1 heterocycles. The van der Waals surface area contributed by atoms with Gasteiger partial charge >= 0.3 is 29.2 Å². The number of aromatic nitrogens is 2. The highest BCUT2D eigenvalue weighted by atomic mass is 31.3. The maximum atomic E-state index is 14.9. The van der Waals surface area contributed by atoms with Crippen molar-refractivity contribution in [2.24, 2.45) is 0 Å². The molecule has 0 amide bonds. The largest absolute Gasteiger partial charge is 0.490 e. The SMILES string of the molecule is CO[C@](F)(COP(=O)(O)OP(=O)(O)OP(=O)(O)O)[C@@H](F)[C@@](C)(O)n1ccc(N)nc1=O. The third-order valence-corrected chi connectivity index (χ3v) is 7.13. The fourth-order valence-electron chi connectivity index (χ4n) is 2.00. The molecule has 0 aliphatic carbocycles. The summed E-state index contributed by atoms with van der Waals surface area (Å²) in [7, 11) is -16.9. The lowest BCUT2D eigenvalue weighted by molar-refractivity contribution is -0.250. The molecule has 1 rings (SSSR count). The summed E-state index contributed by atoms with van der Waals surface area (Å²) in [5, 5.41) is 10.3. The predicted octanol–water partition coefficient (Wildman–Crippen LogP) is -0.516. The molecule has 5 atom stereocenters. The first-order chi connectivity index (χ1) is 13.7. The van der Waals surface area contributed by atoms with Gasteiger partial charge in [-0.15, -0.1) is 0 Å². The molecule has 31 heavy (non-hydrogen) atoms. The summed E-state index contributed by atoms with van der Waals surface area (Å²) < 4.78 is 78.4. The van der Waals surface area contributed by atoms with Crippen molar-refractivity contribution in [2.75, 3.05) is 19.5 Å². The van der Waals surface area contributed by atoms with Crippen molar-refractivity contribution in [3.8, 4) is 0 Å². The zero-order valence-electron chi connectivity index (χ0n) is 15.5. The van der Waals surface area contributed by atoms with E-state index in [1.54, 1.807) is 0 Å². The van der Waals surface area contributed by atoms with Crippen LogP contribution in [0, 0.1) is 0 Å². The third kappa shape index (κ3) is 7.75. The monoisotopic (exact) mass is 519 g/mol. The van der Waals surface area contributed by atoms with Crippen LogP contribution in [0.1, 0.15) is 6.92 Å². The molecule has 1 aromatic heterocycles. The van der Waals surface area contributed by atoms with Crippen LogP contribution in [0.5, 0.6) is 0 Å². The maximum absolute atomic E-state index is 14.9. The number of hydrogen-bond acceptors (Lipinski definition) is 11. The van der Waals surface area contributed by atoms with E-state index in [9.17, 15) is 37.3 Å². The number of nitrogen functional groups attached to an aromatic ring is 1. The molecule has 0 spiro atoms. The highest BCUT2D eigenvalue weighted by Crippen LogP contribution is 2.66. The number of nitrogens with two attached hydrogens (primary N) is 1. The van der Waals surface area contributed by atoms with E-state index in [1.807, 2.05) is 0 Å². The van der Waals surface area contributed by atoms with Gasteiger partial charge in [0.05, 0.1) is 0 Å². The van der Waals surface area contributed by atoms with Crippen molar-refractivity contribution in [2.45, 2.75) is 24.7 Å². The molecule has 21 heteroatoms. The van der Waals surface area contributed by atoms with Crippen LogP contribution in [0.15, 0.2) is 17.1 Å². The van der Waals surface area contributed by atoms with E-state index in [-0.39, 0.29) is 10.4 Å². The molecule has 2 unspecified atom stereocenters. The van der Waals surface area contributed by atoms with Crippen LogP contribution in [0.3, 0.4) is 0 Å². The van der Waals surface area contributed by atoms with Crippen LogP contribution in [0.25, 0.3) is 0 Å². The van der Waals surface area contributed by atoms with Gasteiger partial charge in [0.15, 0.2) is 5.72 Å². The molecule has 0 aliphatic heterocycles. The van der Waals surface area contributed by atoms with Crippen LogP contribution in [0.4, 0.5) is 14.6 Å². The lowest BCUT2D eigenvalue weighted by Crippen LogP contribution is -2.57. The van der Waals surface area contributed by atoms with Crippen LogP contribution in [-0.4, -0.2) is 60.0 Å². The molecule has 1 aromatic rings. The Hall–Kier alpha value is -1.13. The Morgan fingerprint density at radius 3 is 2.23 bits per heavy atom. The topological polar surface area (TPSA) is 250 Å². The lowest BCUT2D eigenvalue weighted by Gasteiger charge is -2.36. The van der Waals surface area contributed by atoms with Gasteiger partial charge in [-0.1, -0.05) is 0 Å². The van der Waals surface area contributed by atoms with E-state index in [0.29, 0.717) is 14.0 Å². The molecule has 0 saturated carbocycles. The molecule has 0 saturated heterocycles. The summed E-state index contributed by atoms with van der Waals surface area (Å²) in [4.78, 5) is 50.2. The first-order valence-corrected chi connectivity index (χ1v) is 12.0. The zero-order valence-corrected chi connectivity index (χ0v) is 18.2. The Bertz CT molecular complexity index is 999. The smallest absolute Gasteiger partial charge is 0.383 e. The first-order valence-electron chi connectivity index (χ1n) is 7.49. The number of rotatable bonds is 11. The van der Waals surface area contributed by atoms with Gasteiger partial charge in [0, 0.05) is 13.3 Å². The Balaban J connectivity index is 3.08. The average Bonchev–Trinajstić information content (AvgIpc) is 2.55. The quantitative estimate of drug-likeness (QED) is 0.201. The highest BCUT2D eigenvalue weighted by molar-refractivity contribution is 7.66. The van der Waals surface area contributed by atoms with Crippen molar-refractivity contribution >= 4 is 29.3 Å². The van der Waals surface area contributed by atoms with Gasteiger partial charge in [0.2, 0.25) is 6.17 Å². The summed E-state index contributed by atoms with van der Waals surface area (Å²) >= 11 is 0. The standard InChI is InChI=1S/C10H18F2N3O13P3/c1-9(17,15-4-3-6(13)14-8(15)16)7(11)10(12,25-2)5-26-30(21,22)28-31(23,24)27-29(18,19)20/h3-4,7,17H,5H2,1-2H3,(H,21,22)(H,23,24)(H2,13,14,16)(H2,18,19,20)/t7-,9+,10+/m0/s1. The number of hydrogen-bond donors (Lipinski definition) is 6. The number of phosphoric ester groups is 1. The van der Waals surface area contributed by atoms with E-state index in [0.717, 1.165) is 12.3 Å². The minimum absolute atomic E-state index is 0.214. The van der Waals surface area contributed by atoms with Gasteiger partial charge in [-0.3, -0.25) is 9.09 Å². The van der Waals surface area contributed by atoms with E-state index in [2.05, 4.69) is 22.9 Å². The second-order valence-electron chi connectivity index (χ2n) is 5.82. The van der Waals surface area contributed by atoms with E-state index in [1.165, 1.54) is 0 Å². The normalized spacial score (nSPS) is 21.3. The minimum atomic E-state index is -5.91. The number of ether oxygens (including phenoxy) is 1. The van der Waals surface area contributed by atoms with Gasteiger partial charge in [-0.2, -0.15) is 13.6 Å². The molecule has 16 nitrogen and oxygen atoms in total. The van der Waals surface area contributed by atoms with Crippen molar-refractivity contribution < 1.29 is 65.0 Å². The van der Waals surface area contributed by atoms with Crippen molar-refractivity contribution in [3.63, 3.8) is 0 Å². The predicted molar refractivity (Wildman–Crippen MR) is 94.3 cm³/mol. The molecule has 0 radical (unpaired) electrons. The summed E-state index contributed by atoms with van der Waals surface area (Å²) in [6.45, 7) is -1.29. The van der Waals surface area contributed by atoms with E-state index < -0.39 is 53.5 Å². The minimum Gasteiger partial charge on any atom is -0.383 e. The average molecular weight is 519 g/mol. The Morgan fingerprint density at radius 1 is 1.23 bits per heavy atom. The molecular formula is C10H18F2N3O13P3. The Labute approximate surface area is 171 Å². The fraction of sp³-hybridized carbons (Fsp3) is 0.600. The van der Waals surface area contributed by atoms with Crippen LogP contribution < -0.4 is 11.4 Å². The summed E-state index contributed by atoms with van der Waals surface area (Å²) in [5.74, 6) is -4.10. The lowest BCUT2D eigenvalue weighted by atomic mass is 10.0. The van der Waals surface area contributed by atoms with Crippen LogP contribution in [-0.2, 0) is 37.3 Å².